The van der Waals surface area contributed by atoms with Crippen molar-refractivity contribution in [2.45, 2.75) is 50.7 Å². The van der Waals surface area contributed by atoms with E-state index in [-0.39, 0.29) is 0 Å². The van der Waals surface area contributed by atoms with Gasteiger partial charge in [-0.2, -0.15) is 11.8 Å². The molecule has 11 heavy (non-hydrogen) atoms. The highest BCUT2D eigenvalue weighted by atomic mass is 32.2. The van der Waals surface area contributed by atoms with Crippen molar-refractivity contribution in [3.63, 3.8) is 0 Å². The highest BCUT2D eigenvalue weighted by molar-refractivity contribution is 8.00. The molecular weight excluding hydrogens is 154 g/mol. The second-order valence-electron chi connectivity index (χ2n) is 3.42. The first-order valence-corrected chi connectivity index (χ1v) is 5.33. The Hall–Kier alpha value is 0.310. The Kier molecular flexibility index (Phi) is 6.06. The van der Waals surface area contributed by atoms with Crippen molar-refractivity contribution >= 4 is 11.8 Å². The van der Waals surface area contributed by atoms with Gasteiger partial charge in [0.2, 0.25) is 0 Å². The van der Waals surface area contributed by atoms with Gasteiger partial charge >= 0.3 is 0 Å². The van der Waals surface area contributed by atoms with Gasteiger partial charge in [0.05, 0.1) is 0 Å². The van der Waals surface area contributed by atoms with Gasteiger partial charge in [-0.25, -0.2) is 0 Å². The molecule has 0 aliphatic carbocycles. The normalized spacial score (nSPS) is 16.9. The molecule has 0 bridgehead atoms. The fourth-order valence-corrected chi connectivity index (χ4v) is 2.46. The summed E-state index contributed by atoms with van der Waals surface area (Å²) >= 11 is 2.06. The highest BCUT2D eigenvalue weighted by Crippen LogP contribution is 2.20. The van der Waals surface area contributed by atoms with Gasteiger partial charge in [0.1, 0.15) is 0 Å². The van der Waals surface area contributed by atoms with Crippen LogP contribution in [0, 0.1) is 0 Å². The van der Waals surface area contributed by atoms with E-state index in [0.29, 0.717) is 6.04 Å². The number of rotatable bonds is 5. The summed E-state index contributed by atoms with van der Waals surface area (Å²) in [5.41, 5.74) is 0. The van der Waals surface area contributed by atoms with Crippen molar-refractivity contribution in [3.05, 3.63) is 0 Å². The van der Waals surface area contributed by atoms with Gasteiger partial charge in [0, 0.05) is 11.3 Å². The van der Waals surface area contributed by atoms with Crippen molar-refractivity contribution in [2.75, 3.05) is 7.05 Å². The Morgan fingerprint density at radius 3 is 2.09 bits per heavy atom. The van der Waals surface area contributed by atoms with Gasteiger partial charge in [0.15, 0.2) is 0 Å². The molecular formula is C9H21NS. The molecule has 0 fully saturated rings. The summed E-state index contributed by atoms with van der Waals surface area (Å²) in [5.74, 6) is 0. The quantitative estimate of drug-likeness (QED) is 0.689. The van der Waals surface area contributed by atoms with E-state index in [1.807, 2.05) is 7.05 Å². The maximum absolute atomic E-state index is 3.26. The molecule has 0 aromatic heterocycles. The van der Waals surface area contributed by atoms with E-state index in [9.17, 15) is 0 Å². The average Bonchev–Trinajstić information content (AvgIpc) is 1.85. The minimum Gasteiger partial charge on any atom is -0.317 e. The van der Waals surface area contributed by atoms with Crippen molar-refractivity contribution in [1.82, 2.24) is 5.32 Å². The fraction of sp³-hybridized carbons (Fsp3) is 1.00. The Balaban J connectivity index is 3.43. The van der Waals surface area contributed by atoms with Gasteiger partial charge in [-0.1, -0.05) is 20.8 Å². The van der Waals surface area contributed by atoms with Crippen LogP contribution in [0.15, 0.2) is 0 Å². The number of nitrogens with one attached hydrogen (secondary N) is 1. The molecule has 0 aliphatic heterocycles. The maximum atomic E-state index is 3.26. The zero-order chi connectivity index (χ0) is 8.85. The van der Waals surface area contributed by atoms with E-state index < -0.39 is 0 Å². The minimum absolute atomic E-state index is 0.649. The number of hydrogen-bond donors (Lipinski definition) is 1. The predicted octanol–water partition coefficient (Wildman–Crippen LogP) is 2.51. The zero-order valence-electron chi connectivity index (χ0n) is 8.35. The molecule has 0 saturated carbocycles. The van der Waals surface area contributed by atoms with Gasteiger partial charge in [-0.3, -0.25) is 0 Å². The lowest BCUT2D eigenvalue weighted by molar-refractivity contribution is 0.563. The summed E-state index contributed by atoms with van der Waals surface area (Å²) in [7, 11) is 2.03. The first kappa shape index (κ1) is 11.3. The third-order valence-corrected chi connectivity index (χ3v) is 2.88. The SMILES string of the molecule is CNC(C)CC(C)SC(C)C. The van der Waals surface area contributed by atoms with Crippen LogP contribution in [-0.4, -0.2) is 23.6 Å². The molecule has 1 nitrogen and oxygen atoms in total. The van der Waals surface area contributed by atoms with Crippen LogP contribution in [0.5, 0.6) is 0 Å². The molecule has 0 spiro atoms. The standard InChI is InChI=1S/C9H21NS/c1-7(2)11-9(4)6-8(3)10-5/h7-10H,6H2,1-5H3. The topological polar surface area (TPSA) is 12.0 Å². The van der Waals surface area contributed by atoms with Crippen LogP contribution in [0.3, 0.4) is 0 Å². The Morgan fingerprint density at radius 1 is 1.18 bits per heavy atom. The summed E-state index contributed by atoms with van der Waals surface area (Å²) in [6.45, 7) is 9.05. The molecule has 68 valence electrons. The zero-order valence-corrected chi connectivity index (χ0v) is 9.16. The van der Waals surface area contributed by atoms with Crippen molar-refractivity contribution in [1.29, 1.82) is 0 Å². The second kappa shape index (κ2) is 5.90. The van der Waals surface area contributed by atoms with Gasteiger partial charge in [0.25, 0.3) is 0 Å². The minimum atomic E-state index is 0.649. The lowest BCUT2D eigenvalue weighted by Crippen LogP contribution is -2.24. The van der Waals surface area contributed by atoms with Crippen LogP contribution in [0.1, 0.15) is 34.1 Å². The third-order valence-electron chi connectivity index (χ3n) is 1.68. The van der Waals surface area contributed by atoms with Gasteiger partial charge < -0.3 is 5.32 Å². The fourth-order valence-electron chi connectivity index (χ4n) is 1.14. The van der Waals surface area contributed by atoms with E-state index in [0.717, 1.165) is 10.5 Å². The molecule has 2 atom stereocenters. The maximum Gasteiger partial charge on any atom is 0.00461 e. The summed E-state index contributed by atoms with van der Waals surface area (Å²) in [4.78, 5) is 0. The smallest absolute Gasteiger partial charge is 0.00461 e. The van der Waals surface area contributed by atoms with Gasteiger partial charge in [-0.15, -0.1) is 0 Å². The van der Waals surface area contributed by atoms with E-state index in [2.05, 4.69) is 44.8 Å². The first-order valence-electron chi connectivity index (χ1n) is 4.39. The summed E-state index contributed by atoms with van der Waals surface area (Å²) in [5, 5.41) is 4.79. The van der Waals surface area contributed by atoms with E-state index in [1.54, 1.807) is 0 Å². The van der Waals surface area contributed by atoms with Crippen LogP contribution in [0.4, 0.5) is 0 Å². The first-order chi connectivity index (χ1) is 5.06. The summed E-state index contributed by atoms with van der Waals surface area (Å²) < 4.78 is 0. The van der Waals surface area contributed by atoms with Crippen molar-refractivity contribution < 1.29 is 0 Å². The lowest BCUT2D eigenvalue weighted by Gasteiger charge is -2.17. The molecule has 0 aromatic rings. The van der Waals surface area contributed by atoms with Crippen molar-refractivity contribution in [2.24, 2.45) is 0 Å². The van der Waals surface area contributed by atoms with Crippen LogP contribution in [0.2, 0.25) is 0 Å². The summed E-state index contributed by atoms with van der Waals surface area (Å²) in [6.07, 6.45) is 1.26. The van der Waals surface area contributed by atoms with Crippen LogP contribution < -0.4 is 5.32 Å². The number of thioether (sulfide) groups is 1. The molecule has 0 rings (SSSR count). The molecule has 0 heterocycles. The van der Waals surface area contributed by atoms with E-state index in [4.69, 9.17) is 0 Å². The Bertz CT molecular complexity index is 93.6. The second-order valence-corrected chi connectivity index (χ2v) is 5.44. The van der Waals surface area contributed by atoms with Crippen LogP contribution in [0.25, 0.3) is 0 Å². The molecule has 1 N–H and O–H groups in total. The third kappa shape index (κ3) is 6.70. The lowest BCUT2D eigenvalue weighted by atomic mass is 10.2. The van der Waals surface area contributed by atoms with E-state index in [1.165, 1.54) is 6.42 Å². The highest BCUT2D eigenvalue weighted by Gasteiger charge is 2.08. The molecule has 2 unspecified atom stereocenters. The molecule has 0 radical (unpaired) electrons. The molecule has 0 saturated heterocycles. The predicted molar refractivity (Wildman–Crippen MR) is 55.3 cm³/mol. The van der Waals surface area contributed by atoms with Crippen LogP contribution >= 0.6 is 11.8 Å². The largest absolute Gasteiger partial charge is 0.317 e. The Morgan fingerprint density at radius 2 is 1.73 bits per heavy atom. The number of hydrogen-bond acceptors (Lipinski definition) is 2. The monoisotopic (exact) mass is 175 g/mol. The average molecular weight is 175 g/mol. The molecule has 0 aliphatic rings. The van der Waals surface area contributed by atoms with Gasteiger partial charge in [-0.05, 0) is 25.6 Å². The summed E-state index contributed by atoms with van der Waals surface area (Å²) in [6, 6.07) is 0.649. The molecule has 2 heteroatoms. The Labute approximate surface area is 75.3 Å². The van der Waals surface area contributed by atoms with E-state index >= 15 is 0 Å². The molecule has 0 amide bonds. The molecule has 0 aromatic carbocycles. The van der Waals surface area contributed by atoms with Crippen molar-refractivity contribution in [3.8, 4) is 0 Å². The van der Waals surface area contributed by atoms with Crippen LogP contribution in [-0.2, 0) is 0 Å².